The number of esters is 1. The molecule has 2 aromatic rings. The number of rotatable bonds is 7. The molecule has 0 saturated carbocycles. The Balaban J connectivity index is 1.49. The normalized spacial score (nSPS) is 32.1. The number of likely N-dealkylation sites (N-methyl/N-ethyl adjacent to an activating group) is 1. The van der Waals surface area contributed by atoms with Crippen LogP contribution in [-0.2, 0) is 35.2 Å². The van der Waals surface area contributed by atoms with Crippen molar-refractivity contribution in [2.75, 3.05) is 20.2 Å². The van der Waals surface area contributed by atoms with E-state index in [1.54, 1.807) is 22.9 Å². The van der Waals surface area contributed by atoms with E-state index in [4.69, 9.17) is 9.47 Å². The summed E-state index contributed by atoms with van der Waals surface area (Å²) in [6.07, 6.45) is 5.21. The minimum atomic E-state index is -1.48. The molecule has 6 rings (SSSR count). The van der Waals surface area contributed by atoms with Crippen molar-refractivity contribution in [3.63, 3.8) is 0 Å². The van der Waals surface area contributed by atoms with Crippen LogP contribution in [-0.4, -0.2) is 93.5 Å². The molecule has 4 aliphatic heterocycles. The number of likely N-dealkylation sites (tertiary alicyclic amines) is 1. The van der Waals surface area contributed by atoms with Crippen molar-refractivity contribution in [3.05, 3.63) is 94.5 Å². The topological polar surface area (TPSA) is 117 Å². The Morgan fingerprint density at radius 3 is 2.32 bits per heavy atom. The van der Waals surface area contributed by atoms with Gasteiger partial charge in [-0.3, -0.25) is 19.2 Å². The van der Waals surface area contributed by atoms with E-state index in [1.165, 1.54) is 4.90 Å². The standard InChI is InChI=1S/C39H46BrN3O7/c1-5-24(2)29(23-44)43-35-37(47)42(22-26-15-9-6-10-16-26)20-14-8-13-19-30(45)41(4)25(3)33(27-17-11-7-12-18-27)49-38(48)31-32(36(43)46)39(35)21-28(40)34(31)50-39/h6-12,14-18,21,24-25,29,31-35,44H,5,13,19-20,22-23H2,1-4H3/b14-8-/t24-,25+,29-,31-,32+,33-,34-,35-,39+/m0/s1. The van der Waals surface area contributed by atoms with Crippen LogP contribution in [0.5, 0.6) is 0 Å². The second kappa shape index (κ2) is 14.8. The Bertz CT molecular complexity index is 1650. The van der Waals surface area contributed by atoms with Gasteiger partial charge in [-0.15, -0.1) is 0 Å². The van der Waals surface area contributed by atoms with Crippen LogP contribution in [0.3, 0.4) is 0 Å². The number of aliphatic hydroxyl groups excluding tert-OH is 1. The molecule has 1 spiro atoms. The van der Waals surface area contributed by atoms with Gasteiger partial charge in [0.25, 0.3) is 0 Å². The van der Waals surface area contributed by atoms with Gasteiger partial charge in [0, 0.05) is 31.0 Å². The highest BCUT2D eigenvalue weighted by Crippen LogP contribution is 2.59. The summed E-state index contributed by atoms with van der Waals surface area (Å²) >= 11 is 3.63. The van der Waals surface area contributed by atoms with Crippen LogP contribution in [0.25, 0.3) is 0 Å². The van der Waals surface area contributed by atoms with E-state index < -0.39 is 59.6 Å². The van der Waals surface area contributed by atoms with Gasteiger partial charge in [-0.2, -0.15) is 0 Å². The summed E-state index contributed by atoms with van der Waals surface area (Å²) in [6, 6.07) is 16.5. The first-order chi connectivity index (χ1) is 24.0. The third kappa shape index (κ3) is 6.32. The lowest BCUT2D eigenvalue weighted by Crippen LogP contribution is -2.59. The fourth-order valence-corrected chi connectivity index (χ4v) is 8.75. The van der Waals surface area contributed by atoms with Crippen molar-refractivity contribution in [2.45, 2.75) is 82.5 Å². The van der Waals surface area contributed by atoms with Crippen LogP contribution < -0.4 is 0 Å². The first-order valence-electron chi connectivity index (χ1n) is 17.5. The fraction of sp³-hybridized carbons (Fsp3) is 0.487. The first kappa shape index (κ1) is 36.0. The summed E-state index contributed by atoms with van der Waals surface area (Å²) in [5.41, 5.74) is 0.133. The largest absolute Gasteiger partial charge is 0.455 e. The molecule has 4 heterocycles. The SMILES string of the molecule is CC[C@H](C)[C@H](CO)N1C(=O)[C@H]2[C@@H]3C(=O)O[C@H](c4ccccc4)[C@@H](C)N(C)C(=O)CC/C=C\CN(Cc4ccccc4)C(=O)[C@H]1[C@@]21C=C(Br)[C@@H]3O1. The number of allylic oxidation sites excluding steroid dienone is 1. The minimum Gasteiger partial charge on any atom is -0.455 e. The Morgan fingerprint density at radius 1 is 0.980 bits per heavy atom. The van der Waals surface area contributed by atoms with E-state index >= 15 is 4.79 Å². The molecular weight excluding hydrogens is 702 g/mol. The van der Waals surface area contributed by atoms with E-state index in [-0.39, 0.29) is 43.8 Å². The van der Waals surface area contributed by atoms with Crippen molar-refractivity contribution in [1.82, 2.24) is 14.7 Å². The third-order valence-electron chi connectivity index (χ3n) is 11.1. The van der Waals surface area contributed by atoms with Gasteiger partial charge in [-0.1, -0.05) is 109 Å². The monoisotopic (exact) mass is 747 g/mol. The molecule has 4 aliphatic rings. The first-order valence-corrected chi connectivity index (χ1v) is 18.3. The van der Waals surface area contributed by atoms with Gasteiger partial charge in [-0.05, 0) is 36.5 Å². The van der Waals surface area contributed by atoms with E-state index in [1.807, 2.05) is 93.6 Å². The van der Waals surface area contributed by atoms with Crippen molar-refractivity contribution in [3.8, 4) is 0 Å². The molecule has 10 nitrogen and oxygen atoms in total. The highest BCUT2D eigenvalue weighted by Gasteiger charge is 2.75. The Morgan fingerprint density at radius 2 is 1.66 bits per heavy atom. The van der Waals surface area contributed by atoms with Gasteiger partial charge >= 0.3 is 5.97 Å². The summed E-state index contributed by atoms with van der Waals surface area (Å²) in [5, 5.41) is 10.8. The minimum absolute atomic E-state index is 0.112. The highest BCUT2D eigenvalue weighted by molar-refractivity contribution is 9.11. The Kier molecular flexibility index (Phi) is 10.7. The molecular formula is C39H46BrN3O7. The summed E-state index contributed by atoms with van der Waals surface area (Å²) in [7, 11) is 1.71. The summed E-state index contributed by atoms with van der Waals surface area (Å²) in [4.78, 5) is 62.7. The number of halogens is 1. The van der Waals surface area contributed by atoms with E-state index in [0.717, 1.165) is 5.56 Å². The number of carbonyl (C=O) groups is 4. The van der Waals surface area contributed by atoms with Crippen LogP contribution in [0, 0.1) is 17.8 Å². The number of amides is 3. The average Bonchev–Trinajstić information content (AvgIpc) is 3.72. The number of fused-ring (bicyclic) bond motifs is 2. The van der Waals surface area contributed by atoms with E-state index in [2.05, 4.69) is 15.9 Å². The number of aliphatic hydroxyl groups is 1. The molecule has 0 radical (unpaired) electrons. The van der Waals surface area contributed by atoms with Crippen LogP contribution in [0.4, 0.5) is 0 Å². The zero-order chi connectivity index (χ0) is 35.7. The molecule has 0 aromatic heterocycles. The van der Waals surface area contributed by atoms with Crippen LogP contribution >= 0.6 is 15.9 Å². The quantitative estimate of drug-likeness (QED) is 0.320. The van der Waals surface area contributed by atoms with Gasteiger partial charge in [-0.25, -0.2) is 0 Å². The second-order valence-electron chi connectivity index (χ2n) is 13.9. The van der Waals surface area contributed by atoms with E-state index in [9.17, 15) is 19.5 Å². The summed E-state index contributed by atoms with van der Waals surface area (Å²) in [6.45, 7) is 5.89. The average molecular weight is 749 g/mol. The zero-order valence-corrected chi connectivity index (χ0v) is 30.6. The molecule has 5 bridgehead atoms. The third-order valence-corrected chi connectivity index (χ3v) is 11.8. The maximum Gasteiger partial charge on any atom is 0.313 e. The highest BCUT2D eigenvalue weighted by atomic mass is 79.9. The van der Waals surface area contributed by atoms with E-state index in [0.29, 0.717) is 22.9 Å². The number of ether oxygens (including phenoxy) is 2. The summed E-state index contributed by atoms with van der Waals surface area (Å²) in [5.74, 6) is -3.82. The zero-order valence-electron chi connectivity index (χ0n) is 29.0. The van der Waals surface area contributed by atoms with Crippen molar-refractivity contribution in [2.24, 2.45) is 17.8 Å². The lowest BCUT2D eigenvalue weighted by Gasteiger charge is -2.40. The maximum atomic E-state index is 15.1. The molecule has 0 aliphatic carbocycles. The molecule has 2 aromatic carbocycles. The lowest BCUT2D eigenvalue weighted by atomic mass is 9.74. The van der Waals surface area contributed by atoms with Crippen molar-refractivity contribution < 1.29 is 33.8 Å². The number of benzene rings is 2. The van der Waals surface area contributed by atoms with Crippen LogP contribution in [0.2, 0.25) is 0 Å². The predicted molar refractivity (Wildman–Crippen MR) is 190 cm³/mol. The Hall–Kier alpha value is -3.80. The van der Waals surface area contributed by atoms with Gasteiger partial charge < -0.3 is 29.3 Å². The molecule has 11 heteroatoms. The fourth-order valence-electron chi connectivity index (χ4n) is 8.01. The van der Waals surface area contributed by atoms with Crippen LogP contribution in [0.1, 0.15) is 57.3 Å². The summed E-state index contributed by atoms with van der Waals surface area (Å²) < 4.78 is 13.6. The van der Waals surface area contributed by atoms with Gasteiger partial charge in [0.2, 0.25) is 17.7 Å². The molecule has 50 heavy (non-hydrogen) atoms. The number of carbonyl (C=O) groups excluding carboxylic acids is 4. The molecule has 2 fully saturated rings. The van der Waals surface area contributed by atoms with Gasteiger partial charge in [0.1, 0.15) is 29.8 Å². The van der Waals surface area contributed by atoms with Gasteiger partial charge in [0.05, 0.1) is 24.6 Å². The van der Waals surface area contributed by atoms with Gasteiger partial charge in [0.15, 0.2) is 0 Å². The number of nitrogens with zero attached hydrogens (tertiary/aromatic N) is 3. The number of hydrogen-bond donors (Lipinski definition) is 1. The Labute approximate surface area is 302 Å². The molecule has 266 valence electrons. The second-order valence-corrected chi connectivity index (χ2v) is 14.9. The molecule has 1 N–H and O–H groups in total. The van der Waals surface area contributed by atoms with Crippen molar-refractivity contribution in [1.29, 1.82) is 0 Å². The van der Waals surface area contributed by atoms with Crippen LogP contribution in [0.15, 0.2) is 83.4 Å². The molecule has 2 saturated heterocycles. The lowest BCUT2D eigenvalue weighted by molar-refractivity contribution is -0.164. The smallest absolute Gasteiger partial charge is 0.313 e. The van der Waals surface area contributed by atoms with Crippen molar-refractivity contribution >= 4 is 39.6 Å². The number of hydrogen-bond acceptors (Lipinski definition) is 7. The predicted octanol–water partition coefficient (Wildman–Crippen LogP) is 4.78. The molecule has 0 unspecified atom stereocenters. The maximum absolute atomic E-state index is 15.1. The number of cyclic esters (lactones) is 1. The molecule has 9 atom stereocenters. The molecule has 3 amide bonds.